The SMILES string of the molecule is CC(C)OC(=O)N1C[C@H](C)N(C(=O)C2CC2)c2ccc(-c3cnn(CCC(N)=O)c3)cc21. The Labute approximate surface area is 187 Å². The zero-order valence-corrected chi connectivity index (χ0v) is 18.7. The minimum absolute atomic E-state index is 0.0719. The lowest BCUT2D eigenvalue weighted by Gasteiger charge is -2.41. The quantitative estimate of drug-likeness (QED) is 0.744. The van der Waals surface area contributed by atoms with Crippen molar-refractivity contribution in [3.63, 3.8) is 0 Å². The summed E-state index contributed by atoms with van der Waals surface area (Å²) in [5.41, 5.74) is 8.28. The van der Waals surface area contributed by atoms with E-state index in [1.807, 2.05) is 50.1 Å². The highest BCUT2D eigenvalue weighted by molar-refractivity contribution is 6.05. The number of ether oxygens (including phenoxy) is 1. The number of anilines is 2. The summed E-state index contributed by atoms with van der Waals surface area (Å²) in [6, 6.07) is 5.55. The van der Waals surface area contributed by atoms with Gasteiger partial charge in [0.15, 0.2) is 0 Å². The number of primary amides is 1. The first-order valence-electron chi connectivity index (χ1n) is 11.0. The molecule has 3 amide bonds. The summed E-state index contributed by atoms with van der Waals surface area (Å²) >= 11 is 0. The van der Waals surface area contributed by atoms with Crippen LogP contribution in [0.15, 0.2) is 30.6 Å². The number of rotatable bonds is 6. The molecule has 2 N–H and O–H groups in total. The Morgan fingerprint density at radius 1 is 1.19 bits per heavy atom. The average Bonchev–Trinajstić information content (AvgIpc) is 3.48. The molecular weight excluding hydrogens is 410 g/mol. The molecule has 1 aliphatic heterocycles. The van der Waals surface area contributed by atoms with E-state index in [0.717, 1.165) is 24.0 Å². The summed E-state index contributed by atoms with van der Waals surface area (Å²) in [4.78, 5) is 40.4. The van der Waals surface area contributed by atoms with E-state index in [1.165, 1.54) is 0 Å². The molecule has 32 heavy (non-hydrogen) atoms. The van der Waals surface area contributed by atoms with Crippen molar-refractivity contribution in [3.8, 4) is 11.1 Å². The summed E-state index contributed by atoms with van der Waals surface area (Å²) < 4.78 is 7.14. The molecule has 1 fully saturated rings. The van der Waals surface area contributed by atoms with Gasteiger partial charge in [-0.3, -0.25) is 19.2 Å². The number of carbonyl (C=O) groups is 3. The van der Waals surface area contributed by atoms with Crippen LogP contribution < -0.4 is 15.5 Å². The second-order valence-electron chi connectivity index (χ2n) is 8.79. The van der Waals surface area contributed by atoms with Crippen molar-refractivity contribution in [2.75, 3.05) is 16.3 Å². The molecule has 0 radical (unpaired) electrons. The molecule has 2 heterocycles. The van der Waals surface area contributed by atoms with E-state index in [4.69, 9.17) is 10.5 Å². The van der Waals surface area contributed by atoms with Crippen LogP contribution in [0.1, 0.15) is 40.0 Å². The number of fused-ring (bicyclic) bond motifs is 1. The summed E-state index contributed by atoms with van der Waals surface area (Å²) in [7, 11) is 0. The fraction of sp³-hybridized carbons (Fsp3) is 0.478. The third-order valence-electron chi connectivity index (χ3n) is 5.69. The summed E-state index contributed by atoms with van der Waals surface area (Å²) in [5, 5.41) is 4.30. The van der Waals surface area contributed by atoms with E-state index in [0.29, 0.717) is 24.5 Å². The first-order chi connectivity index (χ1) is 15.2. The number of hydrogen-bond donors (Lipinski definition) is 1. The van der Waals surface area contributed by atoms with Gasteiger partial charge in [0.05, 0.1) is 29.7 Å². The van der Waals surface area contributed by atoms with Gasteiger partial charge in [-0.1, -0.05) is 6.07 Å². The molecule has 0 bridgehead atoms. The van der Waals surface area contributed by atoms with Crippen LogP contribution in [0.5, 0.6) is 0 Å². The monoisotopic (exact) mass is 439 g/mol. The number of amides is 3. The van der Waals surface area contributed by atoms with Crippen LogP contribution in [-0.4, -0.2) is 46.4 Å². The molecule has 0 spiro atoms. The van der Waals surface area contributed by atoms with Gasteiger partial charge in [0, 0.05) is 37.2 Å². The van der Waals surface area contributed by atoms with Crippen molar-refractivity contribution < 1.29 is 19.1 Å². The van der Waals surface area contributed by atoms with Gasteiger partial charge in [0.25, 0.3) is 0 Å². The van der Waals surface area contributed by atoms with E-state index in [9.17, 15) is 14.4 Å². The van der Waals surface area contributed by atoms with Gasteiger partial charge in [-0.2, -0.15) is 5.10 Å². The standard InChI is InChI=1S/C23H29N5O4/c1-14(2)32-23(31)27-12-15(3)28(22(30)16-4-5-16)19-7-6-17(10-20(19)27)18-11-25-26(13-18)9-8-21(24)29/h6-7,10-11,13-16H,4-5,8-9,12H2,1-3H3,(H2,24,29)/t15-/m0/s1. The Kier molecular flexibility index (Phi) is 5.90. The summed E-state index contributed by atoms with van der Waals surface area (Å²) in [6.07, 6.45) is 4.90. The Morgan fingerprint density at radius 3 is 2.59 bits per heavy atom. The molecule has 1 aromatic carbocycles. The highest BCUT2D eigenvalue weighted by atomic mass is 16.6. The Morgan fingerprint density at radius 2 is 1.94 bits per heavy atom. The maximum Gasteiger partial charge on any atom is 0.414 e. The zero-order valence-electron chi connectivity index (χ0n) is 18.7. The number of hydrogen-bond acceptors (Lipinski definition) is 5. The molecule has 4 rings (SSSR count). The topological polar surface area (TPSA) is 111 Å². The van der Waals surface area contributed by atoms with Gasteiger partial charge in [0.1, 0.15) is 0 Å². The molecule has 0 saturated heterocycles. The number of nitrogens with two attached hydrogens (primary N) is 1. The van der Waals surface area contributed by atoms with Gasteiger partial charge in [-0.15, -0.1) is 0 Å². The fourth-order valence-electron chi connectivity index (χ4n) is 3.97. The Bertz CT molecular complexity index is 1040. The molecule has 0 unspecified atom stereocenters. The highest BCUT2D eigenvalue weighted by Gasteiger charge is 2.41. The van der Waals surface area contributed by atoms with Crippen LogP contribution in [0.4, 0.5) is 16.2 Å². The van der Waals surface area contributed by atoms with Crippen molar-refractivity contribution in [1.29, 1.82) is 0 Å². The largest absolute Gasteiger partial charge is 0.446 e. The van der Waals surface area contributed by atoms with E-state index < -0.39 is 6.09 Å². The summed E-state index contributed by atoms with van der Waals surface area (Å²) in [5.74, 6) is -0.199. The van der Waals surface area contributed by atoms with E-state index in [2.05, 4.69) is 5.10 Å². The zero-order chi connectivity index (χ0) is 23.0. The minimum Gasteiger partial charge on any atom is -0.446 e. The molecule has 9 nitrogen and oxygen atoms in total. The molecule has 1 atom stereocenters. The molecule has 1 saturated carbocycles. The maximum absolute atomic E-state index is 13.0. The lowest BCUT2D eigenvalue weighted by atomic mass is 10.0. The number of aryl methyl sites for hydroxylation is 1. The Balaban J connectivity index is 1.70. The van der Waals surface area contributed by atoms with E-state index in [-0.39, 0.29) is 36.3 Å². The molecule has 2 aromatic rings. The van der Waals surface area contributed by atoms with Crippen LogP contribution >= 0.6 is 0 Å². The van der Waals surface area contributed by atoms with Gasteiger partial charge >= 0.3 is 6.09 Å². The minimum atomic E-state index is -0.430. The van der Waals surface area contributed by atoms with Crippen LogP contribution in [-0.2, 0) is 20.9 Å². The third-order valence-corrected chi connectivity index (χ3v) is 5.69. The number of aromatic nitrogens is 2. The van der Waals surface area contributed by atoms with Crippen molar-refractivity contribution in [1.82, 2.24) is 9.78 Å². The molecular formula is C23H29N5O4. The molecule has 2 aliphatic rings. The second kappa shape index (κ2) is 8.64. The lowest BCUT2D eigenvalue weighted by molar-refractivity contribution is -0.120. The first-order valence-corrected chi connectivity index (χ1v) is 11.0. The van der Waals surface area contributed by atoms with Gasteiger partial charge < -0.3 is 15.4 Å². The van der Waals surface area contributed by atoms with E-state index >= 15 is 0 Å². The van der Waals surface area contributed by atoms with Gasteiger partial charge in [-0.05, 0) is 51.3 Å². The third kappa shape index (κ3) is 4.46. The number of carbonyl (C=O) groups excluding carboxylic acids is 3. The summed E-state index contributed by atoms with van der Waals surface area (Å²) in [6.45, 7) is 6.33. The highest BCUT2D eigenvalue weighted by Crippen LogP contribution is 2.42. The van der Waals surface area contributed by atoms with E-state index in [1.54, 1.807) is 15.8 Å². The molecule has 9 heteroatoms. The smallest absolute Gasteiger partial charge is 0.414 e. The van der Waals surface area contributed by atoms with Crippen molar-refractivity contribution in [2.24, 2.45) is 11.7 Å². The average molecular weight is 440 g/mol. The number of benzene rings is 1. The predicted molar refractivity (Wildman–Crippen MR) is 120 cm³/mol. The molecule has 170 valence electrons. The van der Waals surface area contributed by atoms with Crippen LogP contribution in [0.2, 0.25) is 0 Å². The second-order valence-corrected chi connectivity index (χ2v) is 8.79. The van der Waals surface area contributed by atoms with Crippen molar-refractivity contribution in [3.05, 3.63) is 30.6 Å². The fourth-order valence-corrected chi connectivity index (χ4v) is 3.97. The van der Waals surface area contributed by atoms with Gasteiger partial charge in [-0.25, -0.2) is 4.79 Å². The van der Waals surface area contributed by atoms with Gasteiger partial charge in [0.2, 0.25) is 11.8 Å². The Hall–Kier alpha value is -3.36. The maximum atomic E-state index is 13.0. The predicted octanol–water partition coefficient (Wildman–Crippen LogP) is 2.92. The van der Waals surface area contributed by atoms with Crippen LogP contribution in [0.25, 0.3) is 11.1 Å². The lowest BCUT2D eigenvalue weighted by Crippen LogP contribution is -2.52. The molecule has 1 aromatic heterocycles. The van der Waals surface area contributed by atoms with Crippen LogP contribution in [0, 0.1) is 5.92 Å². The van der Waals surface area contributed by atoms with Crippen molar-refractivity contribution >= 4 is 29.3 Å². The van der Waals surface area contributed by atoms with Crippen LogP contribution in [0.3, 0.4) is 0 Å². The first kappa shape index (κ1) is 21.9. The normalized spacial score (nSPS) is 17.9. The number of nitrogens with zero attached hydrogens (tertiary/aromatic N) is 4. The van der Waals surface area contributed by atoms with Crippen molar-refractivity contribution in [2.45, 2.75) is 58.7 Å². The molecule has 1 aliphatic carbocycles.